The average molecular weight is 278 g/mol. The molecule has 0 radical (unpaired) electrons. The van der Waals surface area contributed by atoms with Crippen LogP contribution >= 0.6 is 7.60 Å². The van der Waals surface area contributed by atoms with Gasteiger partial charge in [-0.05, 0) is 24.7 Å². The van der Waals surface area contributed by atoms with E-state index in [9.17, 15) is 4.57 Å². The highest BCUT2D eigenvalue weighted by atomic mass is 31.2. The van der Waals surface area contributed by atoms with Crippen LogP contribution in [0.3, 0.4) is 0 Å². The maximum Gasteiger partial charge on any atom is 0.330 e. The summed E-state index contributed by atoms with van der Waals surface area (Å²) in [6.45, 7) is 11.5. The Morgan fingerprint density at radius 2 is 1.28 bits per heavy atom. The van der Waals surface area contributed by atoms with Gasteiger partial charge in [0.2, 0.25) is 0 Å². The van der Waals surface area contributed by atoms with Crippen LogP contribution in [-0.2, 0) is 13.6 Å². The van der Waals surface area contributed by atoms with Crippen molar-refractivity contribution >= 4 is 7.60 Å². The molecule has 0 aromatic carbocycles. The highest BCUT2D eigenvalue weighted by Gasteiger charge is 2.23. The van der Waals surface area contributed by atoms with Crippen molar-refractivity contribution in [1.29, 1.82) is 0 Å². The van der Waals surface area contributed by atoms with Crippen molar-refractivity contribution in [2.45, 2.75) is 60.3 Å². The molecular formula is C14H31O3P. The number of hydrogen-bond donors (Lipinski definition) is 0. The van der Waals surface area contributed by atoms with E-state index >= 15 is 0 Å². The zero-order valence-electron chi connectivity index (χ0n) is 12.8. The topological polar surface area (TPSA) is 35.5 Å². The van der Waals surface area contributed by atoms with Gasteiger partial charge in [-0.15, -0.1) is 0 Å². The molecule has 0 bridgehead atoms. The van der Waals surface area contributed by atoms with Crippen LogP contribution in [0.1, 0.15) is 60.3 Å². The molecule has 2 unspecified atom stereocenters. The van der Waals surface area contributed by atoms with Crippen molar-refractivity contribution in [2.24, 2.45) is 11.8 Å². The standard InChI is InChI=1S/C14H31O3P/c1-6-9-13(4)11-16-18(15,8-3)17-12-14(5)10-7-2/h13-14H,6-12H2,1-5H3. The molecule has 110 valence electrons. The Bertz CT molecular complexity index is 223. The molecule has 0 aromatic rings. The van der Waals surface area contributed by atoms with Crippen molar-refractivity contribution in [3.63, 3.8) is 0 Å². The van der Waals surface area contributed by atoms with Gasteiger partial charge in [0.25, 0.3) is 0 Å². The SMILES string of the molecule is CCCC(C)COP(=O)(CC)OCC(C)CCC. The van der Waals surface area contributed by atoms with Gasteiger partial charge in [-0.25, -0.2) is 0 Å². The first kappa shape index (κ1) is 18.1. The van der Waals surface area contributed by atoms with Crippen LogP contribution in [0, 0.1) is 11.8 Å². The van der Waals surface area contributed by atoms with E-state index in [-0.39, 0.29) is 0 Å². The smallest absolute Gasteiger partial charge is 0.308 e. The second-order valence-electron chi connectivity index (χ2n) is 5.31. The molecule has 0 heterocycles. The fourth-order valence-corrected chi connectivity index (χ4v) is 3.26. The minimum absolute atomic E-state index is 0.451. The van der Waals surface area contributed by atoms with E-state index in [1.807, 2.05) is 6.92 Å². The van der Waals surface area contributed by atoms with E-state index in [0.717, 1.165) is 25.7 Å². The molecule has 0 aromatic heterocycles. The van der Waals surface area contributed by atoms with Gasteiger partial charge in [0.05, 0.1) is 13.2 Å². The molecule has 0 saturated heterocycles. The van der Waals surface area contributed by atoms with Gasteiger partial charge in [0.15, 0.2) is 0 Å². The summed E-state index contributed by atoms with van der Waals surface area (Å²) >= 11 is 0. The zero-order chi connectivity index (χ0) is 14.0. The maximum atomic E-state index is 12.4. The first-order chi connectivity index (χ1) is 8.47. The van der Waals surface area contributed by atoms with Crippen molar-refractivity contribution in [3.8, 4) is 0 Å². The molecule has 0 fully saturated rings. The molecule has 0 aliphatic carbocycles. The minimum Gasteiger partial charge on any atom is -0.308 e. The third kappa shape index (κ3) is 8.29. The third-order valence-corrected chi connectivity index (χ3v) is 4.92. The van der Waals surface area contributed by atoms with Crippen LogP contribution in [0.25, 0.3) is 0 Å². The van der Waals surface area contributed by atoms with Crippen LogP contribution in [0.4, 0.5) is 0 Å². The quantitative estimate of drug-likeness (QED) is 0.493. The second-order valence-corrected chi connectivity index (χ2v) is 7.68. The summed E-state index contributed by atoms with van der Waals surface area (Å²) in [6, 6.07) is 0. The van der Waals surface area contributed by atoms with Crippen LogP contribution in [0.15, 0.2) is 0 Å². The van der Waals surface area contributed by atoms with Crippen LogP contribution in [0.5, 0.6) is 0 Å². The molecular weight excluding hydrogens is 247 g/mol. The Labute approximate surface area is 113 Å². The van der Waals surface area contributed by atoms with Crippen LogP contribution in [0.2, 0.25) is 0 Å². The molecule has 0 aliphatic heterocycles. The minimum atomic E-state index is -2.86. The lowest BCUT2D eigenvalue weighted by Gasteiger charge is -2.21. The van der Waals surface area contributed by atoms with E-state index < -0.39 is 7.60 Å². The first-order valence-corrected chi connectivity index (χ1v) is 9.08. The predicted octanol–water partition coefficient (Wildman–Crippen LogP) is 5.11. The Morgan fingerprint density at radius 1 is 0.889 bits per heavy atom. The largest absolute Gasteiger partial charge is 0.330 e. The van der Waals surface area contributed by atoms with Gasteiger partial charge in [-0.3, -0.25) is 4.57 Å². The molecule has 0 saturated carbocycles. The summed E-state index contributed by atoms with van der Waals surface area (Å²) in [5.74, 6) is 0.901. The molecule has 0 N–H and O–H groups in total. The van der Waals surface area contributed by atoms with Gasteiger partial charge in [-0.1, -0.05) is 47.5 Å². The fraction of sp³-hybridized carbons (Fsp3) is 1.00. The molecule has 2 atom stereocenters. The first-order valence-electron chi connectivity index (χ1n) is 7.35. The lowest BCUT2D eigenvalue weighted by atomic mass is 10.1. The average Bonchev–Trinajstić information content (AvgIpc) is 2.35. The highest BCUT2D eigenvalue weighted by molar-refractivity contribution is 7.53. The monoisotopic (exact) mass is 278 g/mol. The zero-order valence-corrected chi connectivity index (χ0v) is 13.7. The molecule has 0 rings (SSSR count). The van der Waals surface area contributed by atoms with Gasteiger partial charge >= 0.3 is 7.60 Å². The Morgan fingerprint density at radius 3 is 1.56 bits per heavy atom. The van der Waals surface area contributed by atoms with Gasteiger partial charge in [-0.2, -0.15) is 0 Å². The van der Waals surface area contributed by atoms with Gasteiger partial charge in [0, 0.05) is 6.16 Å². The predicted molar refractivity (Wildman–Crippen MR) is 78.2 cm³/mol. The van der Waals surface area contributed by atoms with E-state index in [1.165, 1.54) is 0 Å². The summed E-state index contributed by atoms with van der Waals surface area (Å²) in [6.07, 6.45) is 4.95. The van der Waals surface area contributed by atoms with Crippen molar-refractivity contribution in [2.75, 3.05) is 19.4 Å². The Balaban J connectivity index is 4.06. The lowest BCUT2D eigenvalue weighted by Crippen LogP contribution is -2.10. The molecule has 4 heteroatoms. The van der Waals surface area contributed by atoms with Crippen LogP contribution in [-0.4, -0.2) is 19.4 Å². The normalized spacial score (nSPS) is 18.3. The van der Waals surface area contributed by atoms with E-state index in [4.69, 9.17) is 9.05 Å². The molecule has 3 nitrogen and oxygen atoms in total. The van der Waals surface area contributed by atoms with Crippen molar-refractivity contribution in [3.05, 3.63) is 0 Å². The summed E-state index contributed by atoms with van der Waals surface area (Å²) in [5.41, 5.74) is 0. The van der Waals surface area contributed by atoms with Crippen molar-refractivity contribution in [1.82, 2.24) is 0 Å². The van der Waals surface area contributed by atoms with E-state index in [1.54, 1.807) is 0 Å². The van der Waals surface area contributed by atoms with Gasteiger partial charge < -0.3 is 9.05 Å². The molecule has 18 heavy (non-hydrogen) atoms. The number of hydrogen-bond acceptors (Lipinski definition) is 3. The number of rotatable bonds is 11. The maximum absolute atomic E-state index is 12.4. The van der Waals surface area contributed by atoms with Crippen molar-refractivity contribution < 1.29 is 13.6 Å². The van der Waals surface area contributed by atoms with Gasteiger partial charge in [0.1, 0.15) is 0 Å². The van der Waals surface area contributed by atoms with E-state index in [2.05, 4.69) is 27.7 Å². The molecule has 0 aliphatic rings. The van der Waals surface area contributed by atoms with Crippen LogP contribution < -0.4 is 0 Å². The lowest BCUT2D eigenvalue weighted by molar-refractivity contribution is 0.162. The van der Waals surface area contributed by atoms with E-state index in [0.29, 0.717) is 31.2 Å². The second kappa shape index (κ2) is 10.00. The third-order valence-electron chi connectivity index (χ3n) is 3.06. The Kier molecular flexibility index (Phi) is 10.1. The molecule has 0 amide bonds. The summed E-state index contributed by atoms with van der Waals surface area (Å²) in [7, 11) is -2.86. The Hall–Kier alpha value is 0.150. The summed E-state index contributed by atoms with van der Waals surface area (Å²) < 4.78 is 23.5. The summed E-state index contributed by atoms with van der Waals surface area (Å²) in [5, 5.41) is 0. The molecule has 0 spiro atoms. The summed E-state index contributed by atoms with van der Waals surface area (Å²) in [4.78, 5) is 0. The highest BCUT2D eigenvalue weighted by Crippen LogP contribution is 2.48. The fourth-order valence-electron chi connectivity index (χ4n) is 1.85.